The number of ether oxygens (including phenoxy) is 1. The fourth-order valence-corrected chi connectivity index (χ4v) is 1.70. The van der Waals surface area contributed by atoms with E-state index in [1.54, 1.807) is 12.1 Å². The normalized spacial score (nSPS) is 10.2. The summed E-state index contributed by atoms with van der Waals surface area (Å²) < 4.78 is 5.51. The van der Waals surface area contributed by atoms with Crippen LogP contribution in [-0.2, 0) is 6.54 Å². The highest BCUT2D eigenvalue weighted by Gasteiger charge is 2.06. The topological polar surface area (TPSA) is 54.1 Å². The van der Waals surface area contributed by atoms with Crippen LogP contribution in [0.25, 0.3) is 0 Å². The van der Waals surface area contributed by atoms with E-state index in [0.29, 0.717) is 18.7 Å². The number of H-pyrrole nitrogens is 1. The first-order valence-corrected chi connectivity index (χ1v) is 6.42. The first-order chi connectivity index (χ1) is 9.29. The third-order valence-electron chi connectivity index (χ3n) is 2.68. The number of carbonyl (C=O) groups excluding carboxylic acids is 1. The van der Waals surface area contributed by atoms with E-state index in [0.717, 1.165) is 17.7 Å². The summed E-state index contributed by atoms with van der Waals surface area (Å²) in [7, 11) is 0. The van der Waals surface area contributed by atoms with Gasteiger partial charge >= 0.3 is 0 Å². The van der Waals surface area contributed by atoms with Crippen molar-refractivity contribution in [1.82, 2.24) is 10.3 Å². The van der Waals surface area contributed by atoms with E-state index in [1.807, 2.05) is 37.5 Å². The Bertz CT molecular complexity index is 521. The van der Waals surface area contributed by atoms with Crippen LogP contribution in [0.15, 0.2) is 42.7 Å². The molecular weight excluding hydrogens is 240 g/mol. The Labute approximate surface area is 112 Å². The number of rotatable bonds is 6. The van der Waals surface area contributed by atoms with Crippen molar-refractivity contribution in [2.75, 3.05) is 6.61 Å². The molecule has 4 heteroatoms. The molecular formula is C15H18N2O2. The predicted octanol–water partition coefficient (Wildman–Crippen LogP) is 2.73. The summed E-state index contributed by atoms with van der Waals surface area (Å²) in [5.74, 6) is 0.638. The van der Waals surface area contributed by atoms with E-state index in [9.17, 15) is 4.79 Å². The summed E-state index contributed by atoms with van der Waals surface area (Å²) in [4.78, 5) is 14.9. The smallest absolute Gasteiger partial charge is 0.251 e. The van der Waals surface area contributed by atoms with Crippen LogP contribution < -0.4 is 10.1 Å². The molecule has 1 aromatic carbocycles. The molecule has 0 radical (unpaired) electrons. The zero-order valence-electron chi connectivity index (χ0n) is 11.0. The molecule has 2 aromatic rings. The minimum Gasteiger partial charge on any atom is -0.494 e. The fraction of sp³-hybridized carbons (Fsp3) is 0.267. The summed E-state index contributed by atoms with van der Waals surface area (Å²) in [5.41, 5.74) is 1.66. The number of aromatic nitrogens is 1. The number of benzene rings is 1. The molecule has 0 aliphatic carbocycles. The van der Waals surface area contributed by atoms with Gasteiger partial charge in [0.05, 0.1) is 6.61 Å². The van der Waals surface area contributed by atoms with Crippen molar-refractivity contribution in [3.8, 4) is 5.75 Å². The summed E-state index contributed by atoms with van der Waals surface area (Å²) in [6.07, 6.45) is 4.64. The lowest BCUT2D eigenvalue weighted by molar-refractivity contribution is 0.0950. The SMILES string of the molecule is CCCOc1cccc(C(=O)NCc2cc[nH]c2)c1. The second-order valence-electron chi connectivity index (χ2n) is 4.28. The highest BCUT2D eigenvalue weighted by atomic mass is 16.5. The number of nitrogens with one attached hydrogen (secondary N) is 2. The monoisotopic (exact) mass is 258 g/mol. The van der Waals surface area contributed by atoms with Gasteiger partial charge in [-0.3, -0.25) is 4.79 Å². The van der Waals surface area contributed by atoms with Crippen LogP contribution in [0.5, 0.6) is 5.75 Å². The summed E-state index contributed by atoms with van der Waals surface area (Å²) in [5, 5.41) is 2.87. The van der Waals surface area contributed by atoms with Crippen molar-refractivity contribution in [2.24, 2.45) is 0 Å². The first-order valence-electron chi connectivity index (χ1n) is 6.42. The van der Waals surface area contributed by atoms with E-state index in [-0.39, 0.29) is 5.91 Å². The Morgan fingerprint density at radius 1 is 1.37 bits per heavy atom. The lowest BCUT2D eigenvalue weighted by atomic mass is 10.2. The Kier molecular flexibility index (Phi) is 4.61. The van der Waals surface area contributed by atoms with Crippen LogP contribution in [0.2, 0.25) is 0 Å². The maximum Gasteiger partial charge on any atom is 0.251 e. The van der Waals surface area contributed by atoms with Gasteiger partial charge in [-0.2, -0.15) is 0 Å². The molecule has 0 unspecified atom stereocenters. The molecule has 1 heterocycles. The van der Waals surface area contributed by atoms with Crippen molar-refractivity contribution in [2.45, 2.75) is 19.9 Å². The van der Waals surface area contributed by atoms with Gasteiger partial charge in [0.1, 0.15) is 5.75 Å². The zero-order chi connectivity index (χ0) is 13.5. The van der Waals surface area contributed by atoms with E-state index in [2.05, 4.69) is 10.3 Å². The summed E-state index contributed by atoms with van der Waals surface area (Å²) >= 11 is 0. The quantitative estimate of drug-likeness (QED) is 0.837. The van der Waals surface area contributed by atoms with Crippen LogP contribution in [0, 0.1) is 0 Å². The van der Waals surface area contributed by atoms with Crippen LogP contribution in [0.1, 0.15) is 29.3 Å². The van der Waals surface area contributed by atoms with Crippen LogP contribution in [-0.4, -0.2) is 17.5 Å². The number of hydrogen-bond donors (Lipinski definition) is 2. The Morgan fingerprint density at radius 2 is 2.26 bits per heavy atom. The third-order valence-corrected chi connectivity index (χ3v) is 2.68. The Morgan fingerprint density at radius 3 is 3.00 bits per heavy atom. The van der Waals surface area contributed by atoms with E-state index in [4.69, 9.17) is 4.74 Å². The van der Waals surface area contributed by atoms with Gasteiger partial charge in [0.2, 0.25) is 0 Å². The fourth-order valence-electron chi connectivity index (χ4n) is 1.70. The Hall–Kier alpha value is -2.23. The maximum absolute atomic E-state index is 12.0. The second kappa shape index (κ2) is 6.64. The molecule has 1 amide bonds. The van der Waals surface area contributed by atoms with E-state index >= 15 is 0 Å². The Balaban J connectivity index is 1.94. The van der Waals surface area contributed by atoms with E-state index in [1.165, 1.54) is 0 Å². The van der Waals surface area contributed by atoms with Crippen LogP contribution >= 0.6 is 0 Å². The highest BCUT2D eigenvalue weighted by molar-refractivity contribution is 5.94. The molecule has 100 valence electrons. The average molecular weight is 258 g/mol. The lowest BCUT2D eigenvalue weighted by Gasteiger charge is -2.07. The minimum absolute atomic E-state index is 0.0943. The molecule has 0 saturated carbocycles. The van der Waals surface area contributed by atoms with Crippen molar-refractivity contribution in [3.63, 3.8) is 0 Å². The van der Waals surface area contributed by atoms with Crippen LogP contribution in [0.4, 0.5) is 0 Å². The van der Waals surface area contributed by atoms with Gasteiger partial charge in [-0.05, 0) is 36.2 Å². The molecule has 2 rings (SSSR count). The van der Waals surface area contributed by atoms with Gasteiger partial charge in [0.25, 0.3) is 5.91 Å². The predicted molar refractivity (Wildman–Crippen MR) is 74.2 cm³/mol. The maximum atomic E-state index is 12.0. The molecule has 0 atom stereocenters. The molecule has 1 aromatic heterocycles. The number of hydrogen-bond acceptors (Lipinski definition) is 2. The van der Waals surface area contributed by atoms with Gasteiger partial charge in [0.15, 0.2) is 0 Å². The number of carbonyl (C=O) groups is 1. The molecule has 0 bridgehead atoms. The van der Waals surface area contributed by atoms with Crippen molar-refractivity contribution in [3.05, 3.63) is 53.9 Å². The summed E-state index contributed by atoms with van der Waals surface area (Å²) in [6.45, 7) is 3.23. The third kappa shape index (κ3) is 3.88. The molecule has 0 saturated heterocycles. The highest BCUT2D eigenvalue weighted by Crippen LogP contribution is 2.13. The molecule has 0 aliphatic rings. The number of aromatic amines is 1. The van der Waals surface area contributed by atoms with Gasteiger partial charge in [-0.1, -0.05) is 13.0 Å². The lowest BCUT2D eigenvalue weighted by Crippen LogP contribution is -2.22. The molecule has 19 heavy (non-hydrogen) atoms. The largest absolute Gasteiger partial charge is 0.494 e. The summed E-state index contributed by atoms with van der Waals surface area (Å²) in [6, 6.07) is 9.17. The molecule has 0 fully saturated rings. The zero-order valence-corrected chi connectivity index (χ0v) is 11.0. The minimum atomic E-state index is -0.0943. The van der Waals surface area contributed by atoms with Crippen molar-refractivity contribution < 1.29 is 9.53 Å². The second-order valence-corrected chi connectivity index (χ2v) is 4.28. The van der Waals surface area contributed by atoms with E-state index < -0.39 is 0 Å². The van der Waals surface area contributed by atoms with Crippen LogP contribution in [0.3, 0.4) is 0 Å². The van der Waals surface area contributed by atoms with Crippen molar-refractivity contribution >= 4 is 5.91 Å². The van der Waals surface area contributed by atoms with Gasteiger partial charge in [-0.15, -0.1) is 0 Å². The van der Waals surface area contributed by atoms with Gasteiger partial charge < -0.3 is 15.0 Å². The molecule has 4 nitrogen and oxygen atoms in total. The molecule has 0 spiro atoms. The molecule has 0 aliphatic heterocycles. The van der Waals surface area contributed by atoms with Gasteiger partial charge in [0, 0.05) is 24.5 Å². The van der Waals surface area contributed by atoms with Crippen molar-refractivity contribution in [1.29, 1.82) is 0 Å². The first kappa shape index (κ1) is 13.2. The molecule has 2 N–H and O–H groups in total. The average Bonchev–Trinajstić information content (AvgIpc) is 2.96. The number of amides is 1. The standard InChI is InChI=1S/C15H18N2O2/c1-2-8-19-14-5-3-4-13(9-14)15(18)17-11-12-6-7-16-10-12/h3-7,9-10,16H,2,8,11H2,1H3,(H,17,18). The van der Waals surface area contributed by atoms with Gasteiger partial charge in [-0.25, -0.2) is 0 Å².